The van der Waals surface area contributed by atoms with E-state index in [0.717, 1.165) is 11.3 Å². The van der Waals surface area contributed by atoms with Gasteiger partial charge in [0.05, 0.1) is 18.4 Å². The Morgan fingerprint density at radius 2 is 1.71 bits per heavy atom. The Hall–Kier alpha value is -4.31. The second-order valence-electron chi connectivity index (χ2n) is 7.79. The summed E-state index contributed by atoms with van der Waals surface area (Å²) in [5.41, 5.74) is 1.84. The van der Waals surface area contributed by atoms with Crippen molar-refractivity contribution in [3.63, 3.8) is 0 Å². The number of rotatable bonds is 8. The maximum atomic E-state index is 12.9. The Balaban J connectivity index is 1.68. The highest BCUT2D eigenvalue weighted by atomic mass is 16.5. The maximum Gasteiger partial charge on any atom is 0.330 e. The van der Waals surface area contributed by atoms with Gasteiger partial charge in [-0.3, -0.25) is 14.3 Å². The van der Waals surface area contributed by atoms with Gasteiger partial charge in [0.2, 0.25) is 0 Å². The lowest BCUT2D eigenvalue weighted by Crippen LogP contribution is -2.31. The van der Waals surface area contributed by atoms with Gasteiger partial charge in [-0.15, -0.1) is 5.10 Å². The van der Waals surface area contributed by atoms with Crippen LogP contribution in [-0.2, 0) is 17.8 Å². The summed E-state index contributed by atoms with van der Waals surface area (Å²) in [6, 6.07) is 19.1. The van der Waals surface area contributed by atoms with E-state index in [1.807, 2.05) is 60.7 Å². The molecule has 34 heavy (non-hydrogen) atoms. The number of aryl methyl sites for hydroxylation is 1. The summed E-state index contributed by atoms with van der Waals surface area (Å²) in [4.78, 5) is 34.4. The molecule has 0 atom stereocenters. The van der Waals surface area contributed by atoms with Crippen molar-refractivity contribution in [3.05, 3.63) is 93.3 Å². The Kier molecular flexibility index (Phi) is 5.88. The van der Waals surface area contributed by atoms with Crippen LogP contribution in [0, 0.1) is 0 Å². The van der Waals surface area contributed by atoms with Crippen molar-refractivity contribution in [2.24, 2.45) is 0 Å². The van der Waals surface area contributed by atoms with Crippen LogP contribution in [0.25, 0.3) is 28.4 Å². The number of para-hydroxylation sites is 1. The summed E-state index contributed by atoms with van der Waals surface area (Å²) in [7, 11) is 1.63. The number of aromatic nitrogens is 7. The van der Waals surface area contributed by atoms with E-state index in [-0.39, 0.29) is 6.54 Å². The SMILES string of the molecule is COCCCn1c(-c2cnn(-c3ccccc3)n2)nc2c1c(=O)[nH]c(=O)n2Cc1ccccc1. The number of methoxy groups -OCH3 is 1. The Labute approximate surface area is 194 Å². The first-order valence-electron chi connectivity index (χ1n) is 10.9. The van der Waals surface area contributed by atoms with Crippen molar-refractivity contribution in [3.8, 4) is 17.2 Å². The molecule has 0 aliphatic rings. The van der Waals surface area contributed by atoms with Crippen LogP contribution < -0.4 is 11.2 Å². The van der Waals surface area contributed by atoms with Crippen LogP contribution in [0.1, 0.15) is 12.0 Å². The van der Waals surface area contributed by atoms with Gasteiger partial charge in [0.15, 0.2) is 17.0 Å². The monoisotopic (exact) mass is 457 g/mol. The van der Waals surface area contributed by atoms with E-state index < -0.39 is 11.2 Å². The van der Waals surface area contributed by atoms with Gasteiger partial charge in [-0.2, -0.15) is 9.90 Å². The third kappa shape index (κ3) is 4.06. The molecule has 10 heteroatoms. The smallest absolute Gasteiger partial charge is 0.330 e. The Morgan fingerprint density at radius 1 is 0.971 bits per heavy atom. The molecule has 2 aromatic carbocycles. The predicted octanol–water partition coefficient (Wildman–Crippen LogP) is 2.22. The number of imidazole rings is 1. The number of nitrogens with one attached hydrogen (secondary N) is 1. The van der Waals surface area contributed by atoms with Crippen LogP contribution in [-0.4, -0.2) is 47.8 Å². The lowest BCUT2D eigenvalue weighted by molar-refractivity contribution is 0.191. The third-order valence-corrected chi connectivity index (χ3v) is 5.51. The topological polar surface area (TPSA) is 113 Å². The molecule has 5 rings (SSSR count). The number of nitrogens with zero attached hydrogens (tertiary/aromatic N) is 6. The van der Waals surface area contributed by atoms with Crippen molar-refractivity contribution in [1.82, 2.24) is 34.1 Å². The molecule has 172 valence electrons. The minimum Gasteiger partial charge on any atom is -0.385 e. The summed E-state index contributed by atoms with van der Waals surface area (Å²) < 4.78 is 8.47. The molecule has 3 aromatic heterocycles. The van der Waals surface area contributed by atoms with E-state index in [9.17, 15) is 9.59 Å². The molecule has 0 saturated carbocycles. The zero-order valence-corrected chi connectivity index (χ0v) is 18.6. The maximum absolute atomic E-state index is 12.9. The molecule has 0 amide bonds. The number of ether oxygens (including phenoxy) is 1. The van der Waals surface area contributed by atoms with Gasteiger partial charge in [-0.05, 0) is 24.1 Å². The molecule has 0 fully saturated rings. The summed E-state index contributed by atoms with van der Waals surface area (Å²) in [6.07, 6.45) is 2.26. The van der Waals surface area contributed by atoms with Gasteiger partial charge in [0.25, 0.3) is 5.56 Å². The highest BCUT2D eigenvalue weighted by molar-refractivity contribution is 5.76. The van der Waals surface area contributed by atoms with E-state index in [2.05, 4.69) is 15.2 Å². The van der Waals surface area contributed by atoms with Crippen LogP contribution in [0.4, 0.5) is 0 Å². The Morgan fingerprint density at radius 3 is 2.44 bits per heavy atom. The fraction of sp³-hybridized carbons (Fsp3) is 0.208. The van der Waals surface area contributed by atoms with Crippen LogP contribution in [0.3, 0.4) is 0 Å². The lowest BCUT2D eigenvalue weighted by Gasteiger charge is -2.08. The van der Waals surface area contributed by atoms with E-state index >= 15 is 0 Å². The normalized spacial score (nSPS) is 11.3. The average Bonchev–Trinajstić information content (AvgIpc) is 3.49. The summed E-state index contributed by atoms with van der Waals surface area (Å²) in [5.74, 6) is 0.464. The van der Waals surface area contributed by atoms with Crippen molar-refractivity contribution < 1.29 is 4.74 Å². The zero-order valence-electron chi connectivity index (χ0n) is 18.6. The standard InChI is InChI=1S/C24H23N7O3/c1-34-14-8-13-29-20-22(30(24(33)27-23(20)32)16-17-9-4-2-5-10-17)26-21(29)19-15-25-31(28-19)18-11-6-3-7-12-18/h2-7,9-12,15H,8,13-14,16H2,1H3,(H,27,32,33). The van der Waals surface area contributed by atoms with Gasteiger partial charge < -0.3 is 9.30 Å². The van der Waals surface area contributed by atoms with Gasteiger partial charge in [0.1, 0.15) is 5.69 Å². The molecule has 0 radical (unpaired) electrons. The van der Waals surface area contributed by atoms with Crippen molar-refractivity contribution >= 4 is 11.2 Å². The molecule has 0 spiro atoms. The number of aromatic amines is 1. The number of fused-ring (bicyclic) bond motifs is 1. The molecule has 3 heterocycles. The quantitative estimate of drug-likeness (QED) is 0.358. The molecule has 0 aliphatic heterocycles. The summed E-state index contributed by atoms with van der Waals surface area (Å²) in [5, 5.41) is 8.97. The molecule has 0 aliphatic carbocycles. The van der Waals surface area contributed by atoms with Gasteiger partial charge >= 0.3 is 5.69 Å². The molecule has 5 aromatic rings. The molecule has 0 bridgehead atoms. The molecule has 10 nitrogen and oxygen atoms in total. The van der Waals surface area contributed by atoms with Crippen LogP contribution in [0.5, 0.6) is 0 Å². The van der Waals surface area contributed by atoms with Crippen molar-refractivity contribution in [2.45, 2.75) is 19.5 Å². The number of hydrogen-bond acceptors (Lipinski definition) is 6. The summed E-state index contributed by atoms with van der Waals surface area (Å²) in [6.45, 7) is 1.25. The molecular formula is C24H23N7O3. The van der Waals surface area contributed by atoms with Gasteiger partial charge in [-0.1, -0.05) is 48.5 Å². The van der Waals surface area contributed by atoms with Gasteiger partial charge in [-0.25, -0.2) is 9.78 Å². The van der Waals surface area contributed by atoms with E-state index in [1.165, 1.54) is 9.36 Å². The number of hydrogen-bond donors (Lipinski definition) is 1. The first-order chi connectivity index (χ1) is 16.7. The minimum atomic E-state index is -0.512. The van der Waals surface area contributed by atoms with E-state index in [1.54, 1.807) is 17.9 Å². The minimum absolute atomic E-state index is 0.276. The molecule has 0 saturated heterocycles. The van der Waals surface area contributed by atoms with Crippen molar-refractivity contribution in [2.75, 3.05) is 13.7 Å². The largest absolute Gasteiger partial charge is 0.385 e. The fourth-order valence-corrected chi connectivity index (χ4v) is 3.92. The van der Waals surface area contributed by atoms with Crippen LogP contribution in [0.2, 0.25) is 0 Å². The average molecular weight is 457 g/mol. The van der Waals surface area contributed by atoms with E-state index in [4.69, 9.17) is 9.72 Å². The number of benzene rings is 2. The Bertz CT molecular complexity index is 1530. The fourth-order valence-electron chi connectivity index (χ4n) is 3.92. The lowest BCUT2D eigenvalue weighted by atomic mass is 10.2. The third-order valence-electron chi connectivity index (χ3n) is 5.51. The highest BCUT2D eigenvalue weighted by Crippen LogP contribution is 2.22. The van der Waals surface area contributed by atoms with E-state index in [0.29, 0.717) is 42.3 Å². The molecule has 1 N–H and O–H groups in total. The first kappa shape index (κ1) is 21.5. The van der Waals surface area contributed by atoms with Gasteiger partial charge in [0, 0.05) is 20.3 Å². The molecule has 0 unspecified atom stereocenters. The molecular weight excluding hydrogens is 434 g/mol. The van der Waals surface area contributed by atoms with Crippen LogP contribution in [0.15, 0.2) is 76.4 Å². The number of H-pyrrole nitrogens is 1. The second kappa shape index (κ2) is 9.28. The second-order valence-corrected chi connectivity index (χ2v) is 7.79. The zero-order chi connectivity index (χ0) is 23.5. The first-order valence-corrected chi connectivity index (χ1v) is 10.9. The predicted molar refractivity (Wildman–Crippen MR) is 127 cm³/mol. The summed E-state index contributed by atoms with van der Waals surface area (Å²) >= 11 is 0. The highest BCUT2D eigenvalue weighted by Gasteiger charge is 2.21. The van der Waals surface area contributed by atoms with Crippen LogP contribution >= 0.6 is 0 Å². The van der Waals surface area contributed by atoms with Crippen molar-refractivity contribution in [1.29, 1.82) is 0 Å².